The van der Waals surface area contributed by atoms with Crippen molar-refractivity contribution in [2.75, 3.05) is 6.54 Å². The summed E-state index contributed by atoms with van der Waals surface area (Å²) in [6.45, 7) is 5.56. The minimum Gasteiger partial charge on any atom is -0.461 e. The van der Waals surface area contributed by atoms with Crippen LogP contribution in [0.3, 0.4) is 0 Å². The molecule has 2 rings (SSSR count). The summed E-state index contributed by atoms with van der Waals surface area (Å²) < 4.78 is 10.2. The average molecular weight is 320 g/mol. The zero-order valence-electron chi connectivity index (χ0n) is 13.4. The van der Waals surface area contributed by atoms with Gasteiger partial charge in [0, 0.05) is 18.4 Å². The Hall–Kier alpha value is -2.64. The normalized spacial score (nSPS) is 11.3. The third-order valence-electron chi connectivity index (χ3n) is 2.74. The number of rotatable bonds is 6. The second kappa shape index (κ2) is 7.08. The molecule has 0 fully saturated rings. The van der Waals surface area contributed by atoms with E-state index in [0.717, 1.165) is 0 Å². The third-order valence-corrected chi connectivity index (χ3v) is 2.74. The van der Waals surface area contributed by atoms with E-state index < -0.39 is 0 Å². The van der Waals surface area contributed by atoms with Gasteiger partial charge in [-0.25, -0.2) is 0 Å². The van der Waals surface area contributed by atoms with Crippen molar-refractivity contribution in [1.29, 1.82) is 0 Å². The van der Waals surface area contributed by atoms with E-state index in [1.165, 1.54) is 6.26 Å². The lowest BCUT2D eigenvalue weighted by Gasteiger charge is -2.20. The van der Waals surface area contributed by atoms with Gasteiger partial charge >= 0.3 is 0 Å². The maximum Gasteiger partial charge on any atom is 0.239 e. The fraction of sp³-hybridized carbons (Fsp3) is 0.467. The zero-order valence-corrected chi connectivity index (χ0v) is 13.4. The van der Waals surface area contributed by atoms with Crippen LogP contribution in [-0.4, -0.2) is 34.0 Å². The Bertz CT molecular complexity index is 655. The smallest absolute Gasteiger partial charge is 0.239 e. The monoisotopic (exact) mass is 320 g/mol. The second-order valence-electron chi connectivity index (χ2n) is 6.06. The summed E-state index contributed by atoms with van der Waals surface area (Å²) in [6, 6.07) is 3.44. The molecule has 2 aromatic heterocycles. The summed E-state index contributed by atoms with van der Waals surface area (Å²) in [6.07, 6.45) is 1.96. The molecule has 0 radical (unpaired) electrons. The summed E-state index contributed by atoms with van der Waals surface area (Å²) >= 11 is 0. The molecule has 0 bridgehead atoms. The van der Waals surface area contributed by atoms with Crippen molar-refractivity contribution in [2.24, 2.45) is 0 Å². The molecule has 0 aromatic carbocycles. The molecule has 0 saturated heterocycles. The van der Waals surface area contributed by atoms with Crippen molar-refractivity contribution < 1.29 is 18.5 Å². The van der Waals surface area contributed by atoms with Crippen molar-refractivity contribution in [2.45, 2.75) is 39.2 Å². The molecule has 2 N–H and O–H groups in total. The van der Waals surface area contributed by atoms with Gasteiger partial charge in [-0.3, -0.25) is 9.59 Å². The quantitative estimate of drug-likeness (QED) is 0.830. The maximum absolute atomic E-state index is 11.7. The van der Waals surface area contributed by atoms with Crippen LogP contribution in [0.2, 0.25) is 0 Å². The molecule has 8 heteroatoms. The first kappa shape index (κ1) is 16.7. The highest BCUT2D eigenvalue weighted by Crippen LogP contribution is 2.16. The summed E-state index contributed by atoms with van der Waals surface area (Å²) in [7, 11) is 0. The van der Waals surface area contributed by atoms with Crippen LogP contribution in [0.4, 0.5) is 0 Å². The standard InChI is InChI=1S/C15H20N4O4/c1-15(2,3)18-12(21)9-16-11(20)6-7-13-17-14(19-23-13)10-5-4-8-22-10/h4-5,8H,6-7,9H2,1-3H3,(H,16,20)(H,18,21). The van der Waals surface area contributed by atoms with E-state index in [4.69, 9.17) is 8.94 Å². The van der Waals surface area contributed by atoms with E-state index in [2.05, 4.69) is 20.8 Å². The number of carbonyl (C=O) groups is 2. The van der Waals surface area contributed by atoms with Gasteiger partial charge in [0.15, 0.2) is 5.76 Å². The molecule has 0 aliphatic heterocycles. The minimum absolute atomic E-state index is 0.0580. The molecule has 0 spiro atoms. The molecular formula is C15H20N4O4. The molecule has 2 heterocycles. The van der Waals surface area contributed by atoms with Crippen molar-refractivity contribution >= 4 is 11.8 Å². The lowest BCUT2D eigenvalue weighted by atomic mass is 10.1. The molecule has 2 amide bonds. The van der Waals surface area contributed by atoms with Crippen LogP contribution < -0.4 is 10.6 Å². The average Bonchev–Trinajstić information content (AvgIpc) is 3.11. The summed E-state index contributed by atoms with van der Waals surface area (Å²) in [5, 5.41) is 9.09. The number of carbonyl (C=O) groups excluding carboxylic acids is 2. The van der Waals surface area contributed by atoms with Crippen LogP contribution >= 0.6 is 0 Å². The van der Waals surface area contributed by atoms with Crippen molar-refractivity contribution in [3.8, 4) is 11.6 Å². The molecule has 23 heavy (non-hydrogen) atoms. The van der Waals surface area contributed by atoms with Gasteiger partial charge in [-0.05, 0) is 32.9 Å². The van der Waals surface area contributed by atoms with Gasteiger partial charge in [-0.2, -0.15) is 4.98 Å². The van der Waals surface area contributed by atoms with Crippen LogP contribution in [0.25, 0.3) is 11.6 Å². The SMILES string of the molecule is CC(C)(C)NC(=O)CNC(=O)CCc1nc(-c2ccco2)no1. The highest BCUT2D eigenvalue weighted by molar-refractivity contribution is 5.85. The highest BCUT2D eigenvalue weighted by atomic mass is 16.5. The predicted octanol–water partition coefficient (Wildman–Crippen LogP) is 1.29. The van der Waals surface area contributed by atoms with Crippen LogP contribution in [0.5, 0.6) is 0 Å². The first-order valence-electron chi connectivity index (χ1n) is 7.28. The van der Waals surface area contributed by atoms with Gasteiger partial charge in [0.2, 0.25) is 23.5 Å². The van der Waals surface area contributed by atoms with Crippen LogP contribution in [0, 0.1) is 0 Å². The number of nitrogens with one attached hydrogen (secondary N) is 2. The Morgan fingerprint density at radius 2 is 2.04 bits per heavy atom. The van der Waals surface area contributed by atoms with Crippen molar-refractivity contribution in [3.05, 3.63) is 24.3 Å². The molecule has 8 nitrogen and oxygen atoms in total. The van der Waals surface area contributed by atoms with E-state index in [1.807, 2.05) is 20.8 Å². The molecule has 0 unspecified atom stereocenters. The number of aromatic nitrogens is 2. The highest BCUT2D eigenvalue weighted by Gasteiger charge is 2.15. The van der Waals surface area contributed by atoms with Gasteiger partial charge in [0.25, 0.3) is 0 Å². The van der Waals surface area contributed by atoms with E-state index in [0.29, 0.717) is 23.9 Å². The molecular weight excluding hydrogens is 300 g/mol. The van der Waals surface area contributed by atoms with Gasteiger partial charge < -0.3 is 19.6 Å². The molecule has 0 atom stereocenters. The first-order valence-corrected chi connectivity index (χ1v) is 7.28. The van der Waals surface area contributed by atoms with Crippen molar-refractivity contribution in [3.63, 3.8) is 0 Å². The fourth-order valence-corrected chi connectivity index (χ4v) is 1.81. The minimum atomic E-state index is -0.326. The Morgan fingerprint density at radius 3 is 2.70 bits per heavy atom. The van der Waals surface area contributed by atoms with E-state index in [9.17, 15) is 9.59 Å². The van der Waals surface area contributed by atoms with Crippen molar-refractivity contribution in [1.82, 2.24) is 20.8 Å². The predicted molar refractivity (Wildman–Crippen MR) is 81.2 cm³/mol. The molecule has 2 aromatic rings. The first-order chi connectivity index (χ1) is 10.8. The van der Waals surface area contributed by atoms with Gasteiger partial charge in [0.05, 0.1) is 12.8 Å². The number of hydrogen-bond acceptors (Lipinski definition) is 6. The molecule has 124 valence electrons. The number of amides is 2. The maximum atomic E-state index is 11.7. The van der Waals surface area contributed by atoms with E-state index >= 15 is 0 Å². The van der Waals surface area contributed by atoms with Gasteiger partial charge in [-0.1, -0.05) is 5.16 Å². The zero-order chi connectivity index (χ0) is 16.9. The van der Waals surface area contributed by atoms with E-state index in [1.54, 1.807) is 12.1 Å². The number of aryl methyl sites for hydroxylation is 1. The summed E-state index contributed by atoms with van der Waals surface area (Å²) in [5.41, 5.74) is -0.326. The van der Waals surface area contributed by atoms with Crippen LogP contribution in [0.1, 0.15) is 33.1 Å². The molecule has 0 saturated carbocycles. The Kier molecular flexibility index (Phi) is 5.15. The second-order valence-corrected chi connectivity index (χ2v) is 6.06. The fourth-order valence-electron chi connectivity index (χ4n) is 1.81. The van der Waals surface area contributed by atoms with E-state index in [-0.39, 0.29) is 30.3 Å². The van der Waals surface area contributed by atoms with Crippen LogP contribution in [0.15, 0.2) is 27.3 Å². The number of nitrogens with zero attached hydrogens (tertiary/aromatic N) is 2. The summed E-state index contributed by atoms with van der Waals surface area (Å²) in [4.78, 5) is 27.5. The lowest BCUT2D eigenvalue weighted by molar-refractivity contribution is -0.126. The Labute approximate surface area is 133 Å². The number of furan rings is 1. The molecule has 0 aliphatic rings. The Morgan fingerprint density at radius 1 is 1.26 bits per heavy atom. The topological polar surface area (TPSA) is 110 Å². The summed E-state index contributed by atoms with van der Waals surface area (Å²) in [5.74, 6) is 0.694. The molecule has 0 aliphatic carbocycles. The Balaban J connectivity index is 1.73. The van der Waals surface area contributed by atoms with Crippen LogP contribution in [-0.2, 0) is 16.0 Å². The number of hydrogen-bond donors (Lipinski definition) is 2. The lowest BCUT2D eigenvalue weighted by Crippen LogP contribution is -2.45. The largest absolute Gasteiger partial charge is 0.461 e. The third kappa shape index (κ3) is 5.57. The van der Waals surface area contributed by atoms with Gasteiger partial charge in [-0.15, -0.1) is 0 Å². The van der Waals surface area contributed by atoms with Gasteiger partial charge in [0.1, 0.15) is 0 Å².